The Hall–Kier alpha value is -1.26. The molecule has 1 saturated carbocycles. The van der Waals surface area contributed by atoms with E-state index in [0.717, 1.165) is 32.1 Å². The molecule has 0 radical (unpaired) electrons. The molecule has 3 amide bonds. The van der Waals surface area contributed by atoms with Crippen molar-refractivity contribution < 1.29 is 9.59 Å². The highest BCUT2D eigenvalue weighted by Crippen LogP contribution is 2.41. The Balaban J connectivity index is 1.99. The van der Waals surface area contributed by atoms with Crippen LogP contribution >= 0.6 is 23.2 Å². The van der Waals surface area contributed by atoms with Gasteiger partial charge < -0.3 is 5.32 Å². The van der Waals surface area contributed by atoms with Crippen LogP contribution in [0.15, 0.2) is 18.2 Å². The molecule has 0 bridgehead atoms. The zero-order valence-electron chi connectivity index (χ0n) is 11.5. The highest BCUT2D eigenvalue weighted by Gasteiger charge is 2.48. The summed E-state index contributed by atoms with van der Waals surface area (Å²) in [5.41, 5.74) is -0.0410. The second kappa shape index (κ2) is 5.50. The quantitative estimate of drug-likeness (QED) is 0.847. The second-order valence-corrected chi connectivity index (χ2v) is 6.64. The summed E-state index contributed by atoms with van der Waals surface area (Å²) < 4.78 is 0. The van der Waals surface area contributed by atoms with Gasteiger partial charge in [-0.25, -0.2) is 9.69 Å². The number of nitrogens with one attached hydrogen (secondary N) is 1. The number of anilines is 1. The minimum atomic E-state index is -0.471. The fraction of sp³-hybridized carbons (Fsp3) is 0.467. The number of imide groups is 1. The smallest absolute Gasteiger partial charge is 0.328 e. The molecule has 1 N–H and O–H groups in total. The standard InChI is InChI=1S/C15H16Cl2N2O2/c16-10-6-11(17)8-12(7-10)19-13(20)15(9-18-14(19)21)4-2-1-3-5-15/h6-8H,1-5,9H2,(H,18,21). The van der Waals surface area contributed by atoms with Crippen LogP contribution in [0.3, 0.4) is 0 Å². The van der Waals surface area contributed by atoms with Crippen LogP contribution in [-0.4, -0.2) is 18.5 Å². The number of carbonyl (C=O) groups is 2. The minimum absolute atomic E-state index is 0.135. The van der Waals surface area contributed by atoms with Gasteiger partial charge in [-0.15, -0.1) is 0 Å². The van der Waals surface area contributed by atoms with E-state index in [1.807, 2.05) is 0 Å². The van der Waals surface area contributed by atoms with Gasteiger partial charge in [0.25, 0.3) is 0 Å². The number of nitrogens with zero attached hydrogens (tertiary/aromatic N) is 1. The number of urea groups is 1. The van der Waals surface area contributed by atoms with Crippen molar-refractivity contribution in [2.45, 2.75) is 32.1 Å². The molecule has 1 heterocycles. The van der Waals surface area contributed by atoms with Crippen LogP contribution in [0.5, 0.6) is 0 Å². The number of benzene rings is 1. The van der Waals surface area contributed by atoms with Gasteiger partial charge in [-0.1, -0.05) is 42.5 Å². The molecular formula is C15H16Cl2N2O2. The van der Waals surface area contributed by atoms with Crippen molar-refractivity contribution in [1.29, 1.82) is 0 Å². The summed E-state index contributed by atoms with van der Waals surface area (Å²) in [7, 11) is 0. The van der Waals surface area contributed by atoms with Crippen molar-refractivity contribution in [1.82, 2.24) is 5.32 Å². The molecule has 112 valence electrons. The summed E-state index contributed by atoms with van der Waals surface area (Å²) in [6.45, 7) is 0.426. The van der Waals surface area contributed by atoms with Gasteiger partial charge in [0.15, 0.2) is 0 Å². The lowest BCUT2D eigenvalue weighted by Crippen LogP contribution is -2.61. The molecule has 6 heteroatoms. The summed E-state index contributed by atoms with van der Waals surface area (Å²) >= 11 is 12.0. The van der Waals surface area contributed by atoms with E-state index in [1.165, 1.54) is 4.90 Å². The molecule has 1 aliphatic carbocycles. The third kappa shape index (κ3) is 2.62. The number of hydrogen-bond donors (Lipinski definition) is 1. The first kappa shape index (κ1) is 14.7. The second-order valence-electron chi connectivity index (χ2n) is 5.77. The van der Waals surface area contributed by atoms with Gasteiger partial charge in [0.2, 0.25) is 5.91 Å². The lowest BCUT2D eigenvalue weighted by atomic mass is 9.72. The Morgan fingerprint density at radius 3 is 2.24 bits per heavy atom. The summed E-state index contributed by atoms with van der Waals surface area (Å²) in [6, 6.07) is 4.35. The van der Waals surface area contributed by atoms with Crippen molar-refractivity contribution >= 4 is 40.8 Å². The Kier molecular flexibility index (Phi) is 3.84. The van der Waals surface area contributed by atoms with E-state index >= 15 is 0 Å². The van der Waals surface area contributed by atoms with E-state index in [4.69, 9.17) is 23.2 Å². The molecule has 3 rings (SSSR count). The number of halogens is 2. The van der Waals surface area contributed by atoms with Gasteiger partial charge in [-0.3, -0.25) is 4.79 Å². The Morgan fingerprint density at radius 1 is 1.00 bits per heavy atom. The van der Waals surface area contributed by atoms with E-state index in [0.29, 0.717) is 22.3 Å². The van der Waals surface area contributed by atoms with E-state index < -0.39 is 11.4 Å². The van der Waals surface area contributed by atoms with Crippen LogP contribution in [0, 0.1) is 5.41 Å². The molecule has 1 saturated heterocycles. The van der Waals surface area contributed by atoms with Crippen LogP contribution in [-0.2, 0) is 4.79 Å². The zero-order chi connectivity index (χ0) is 15.0. The highest BCUT2D eigenvalue weighted by atomic mass is 35.5. The van der Waals surface area contributed by atoms with Crippen LogP contribution in [0.1, 0.15) is 32.1 Å². The molecule has 0 atom stereocenters. The molecule has 21 heavy (non-hydrogen) atoms. The van der Waals surface area contributed by atoms with E-state index in [2.05, 4.69) is 5.32 Å². The third-order valence-electron chi connectivity index (χ3n) is 4.35. The number of rotatable bonds is 1. The van der Waals surface area contributed by atoms with E-state index in [1.54, 1.807) is 18.2 Å². The predicted molar refractivity (Wildman–Crippen MR) is 82.9 cm³/mol. The van der Waals surface area contributed by atoms with Crippen LogP contribution in [0.4, 0.5) is 10.5 Å². The predicted octanol–water partition coefficient (Wildman–Crippen LogP) is 4.00. The molecule has 1 aromatic carbocycles. The molecule has 0 aromatic heterocycles. The van der Waals surface area contributed by atoms with E-state index in [-0.39, 0.29) is 5.91 Å². The maximum absolute atomic E-state index is 12.9. The van der Waals surface area contributed by atoms with Crippen molar-refractivity contribution in [3.63, 3.8) is 0 Å². The number of hydrogen-bond acceptors (Lipinski definition) is 2. The fourth-order valence-corrected chi connectivity index (χ4v) is 3.77. The average Bonchev–Trinajstić information content (AvgIpc) is 2.44. The first-order valence-electron chi connectivity index (χ1n) is 7.10. The first-order valence-corrected chi connectivity index (χ1v) is 7.86. The summed E-state index contributed by atoms with van der Waals surface area (Å²) in [5.74, 6) is -0.135. The van der Waals surface area contributed by atoms with Gasteiger partial charge in [-0.2, -0.15) is 0 Å². The SMILES string of the molecule is O=C1NCC2(CCCCC2)C(=O)N1c1cc(Cl)cc(Cl)c1. The van der Waals surface area contributed by atoms with Crippen molar-refractivity contribution in [2.24, 2.45) is 5.41 Å². The van der Waals surface area contributed by atoms with Gasteiger partial charge in [0.1, 0.15) is 0 Å². The Labute approximate surface area is 133 Å². The molecule has 1 aromatic rings. The number of carbonyl (C=O) groups excluding carboxylic acids is 2. The zero-order valence-corrected chi connectivity index (χ0v) is 13.0. The Morgan fingerprint density at radius 2 is 1.62 bits per heavy atom. The topological polar surface area (TPSA) is 49.4 Å². The monoisotopic (exact) mass is 326 g/mol. The summed E-state index contributed by atoms with van der Waals surface area (Å²) in [5, 5.41) is 3.65. The number of amides is 3. The summed E-state index contributed by atoms with van der Waals surface area (Å²) in [6.07, 6.45) is 4.82. The molecule has 1 spiro atoms. The van der Waals surface area contributed by atoms with Crippen LogP contribution in [0.25, 0.3) is 0 Å². The fourth-order valence-electron chi connectivity index (χ4n) is 3.25. The molecule has 2 fully saturated rings. The normalized spacial score (nSPS) is 21.5. The summed E-state index contributed by atoms with van der Waals surface area (Å²) in [4.78, 5) is 26.3. The lowest BCUT2D eigenvalue weighted by Gasteiger charge is -2.43. The van der Waals surface area contributed by atoms with Gasteiger partial charge in [-0.05, 0) is 31.0 Å². The van der Waals surface area contributed by atoms with Crippen LogP contribution in [0.2, 0.25) is 10.0 Å². The van der Waals surface area contributed by atoms with E-state index in [9.17, 15) is 9.59 Å². The third-order valence-corrected chi connectivity index (χ3v) is 4.79. The van der Waals surface area contributed by atoms with Gasteiger partial charge in [0.05, 0.1) is 11.1 Å². The largest absolute Gasteiger partial charge is 0.336 e. The molecular weight excluding hydrogens is 311 g/mol. The minimum Gasteiger partial charge on any atom is -0.336 e. The lowest BCUT2D eigenvalue weighted by molar-refractivity contribution is -0.130. The van der Waals surface area contributed by atoms with Crippen molar-refractivity contribution in [2.75, 3.05) is 11.4 Å². The molecule has 0 unspecified atom stereocenters. The molecule has 1 aliphatic heterocycles. The van der Waals surface area contributed by atoms with Gasteiger partial charge >= 0.3 is 6.03 Å². The average molecular weight is 327 g/mol. The molecule has 2 aliphatic rings. The van der Waals surface area contributed by atoms with Gasteiger partial charge in [0, 0.05) is 16.6 Å². The highest BCUT2D eigenvalue weighted by molar-refractivity contribution is 6.35. The van der Waals surface area contributed by atoms with Crippen molar-refractivity contribution in [3.8, 4) is 0 Å². The van der Waals surface area contributed by atoms with Crippen molar-refractivity contribution in [3.05, 3.63) is 28.2 Å². The first-order chi connectivity index (χ1) is 10.0. The Bertz CT molecular complexity index is 577. The van der Waals surface area contributed by atoms with Crippen LogP contribution < -0.4 is 10.2 Å². The maximum atomic E-state index is 12.9. The maximum Gasteiger partial charge on any atom is 0.328 e. The molecule has 4 nitrogen and oxygen atoms in total.